The molecular formula is C30H23N3O4S2. The predicted octanol–water partition coefficient (Wildman–Crippen LogP) is 6.13. The number of pyridine rings is 1. The summed E-state index contributed by atoms with van der Waals surface area (Å²) >= 11 is 1.30. The summed E-state index contributed by atoms with van der Waals surface area (Å²) in [6.45, 7) is 1.90. The van der Waals surface area contributed by atoms with E-state index in [1.807, 2.05) is 42.6 Å². The molecule has 1 aliphatic carbocycles. The van der Waals surface area contributed by atoms with E-state index in [0.717, 1.165) is 11.1 Å². The highest BCUT2D eigenvalue weighted by atomic mass is 32.2. The minimum atomic E-state index is -4.07. The number of ether oxygens (including phenoxy) is 1. The minimum Gasteiger partial charge on any atom is -0.469 e. The van der Waals surface area contributed by atoms with Crippen LogP contribution in [-0.4, -0.2) is 30.5 Å². The van der Waals surface area contributed by atoms with E-state index in [1.165, 1.54) is 22.4 Å². The average molecular weight is 554 g/mol. The van der Waals surface area contributed by atoms with Gasteiger partial charge in [-0.2, -0.15) is 5.26 Å². The molecule has 0 spiro atoms. The molecule has 3 heterocycles. The van der Waals surface area contributed by atoms with Crippen molar-refractivity contribution in [2.75, 3.05) is 7.11 Å². The van der Waals surface area contributed by atoms with Crippen molar-refractivity contribution in [3.8, 4) is 28.5 Å². The quantitative estimate of drug-likeness (QED) is 0.235. The lowest BCUT2D eigenvalue weighted by Gasteiger charge is -2.15. The number of benzene rings is 2. The Bertz CT molecular complexity index is 1900. The molecule has 7 nitrogen and oxygen atoms in total. The molecule has 1 fully saturated rings. The summed E-state index contributed by atoms with van der Waals surface area (Å²) in [6, 6.07) is 21.9. The summed E-state index contributed by atoms with van der Waals surface area (Å²) in [5.74, 6) is -0.458. The number of hydrogen-bond acceptors (Lipinski definition) is 7. The topological polar surface area (TPSA) is 102 Å². The van der Waals surface area contributed by atoms with Crippen molar-refractivity contribution >= 4 is 38.4 Å². The molecule has 9 heteroatoms. The highest BCUT2D eigenvalue weighted by Gasteiger charge is 2.45. The van der Waals surface area contributed by atoms with Crippen LogP contribution in [0.5, 0.6) is 0 Å². The Morgan fingerprint density at radius 3 is 2.67 bits per heavy atom. The first-order valence-corrected chi connectivity index (χ1v) is 14.6. The van der Waals surface area contributed by atoms with Crippen LogP contribution < -0.4 is 0 Å². The number of methoxy groups -OCH3 is 1. The molecule has 1 aliphatic rings. The third-order valence-corrected chi connectivity index (χ3v) is 9.71. The molecule has 5 aromatic rings. The van der Waals surface area contributed by atoms with E-state index in [1.54, 1.807) is 42.6 Å². The van der Waals surface area contributed by atoms with Crippen LogP contribution in [-0.2, 0) is 19.6 Å². The van der Waals surface area contributed by atoms with Gasteiger partial charge >= 0.3 is 5.97 Å². The summed E-state index contributed by atoms with van der Waals surface area (Å²) in [5.41, 5.74) is 5.07. The number of fused-ring (bicyclic) bond motifs is 1. The number of hydrogen-bond donors (Lipinski definition) is 0. The lowest BCUT2D eigenvalue weighted by molar-refractivity contribution is -0.142. The highest BCUT2D eigenvalue weighted by molar-refractivity contribution is 7.90. The third-order valence-electron chi connectivity index (χ3n) is 7.16. The Morgan fingerprint density at radius 1 is 1.13 bits per heavy atom. The van der Waals surface area contributed by atoms with Crippen molar-refractivity contribution in [1.29, 1.82) is 5.26 Å². The van der Waals surface area contributed by atoms with Crippen LogP contribution in [0.1, 0.15) is 28.3 Å². The number of thiophene rings is 1. The van der Waals surface area contributed by atoms with Crippen LogP contribution in [0.4, 0.5) is 0 Å². The van der Waals surface area contributed by atoms with E-state index >= 15 is 0 Å². The zero-order valence-corrected chi connectivity index (χ0v) is 22.8. The van der Waals surface area contributed by atoms with Crippen molar-refractivity contribution in [3.05, 3.63) is 94.3 Å². The van der Waals surface area contributed by atoms with Crippen molar-refractivity contribution < 1.29 is 17.9 Å². The van der Waals surface area contributed by atoms with Crippen LogP contribution in [0.2, 0.25) is 0 Å². The molecular weight excluding hydrogens is 530 g/mol. The Morgan fingerprint density at radius 2 is 1.92 bits per heavy atom. The van der Waals surface area contributed by atoms with Gasteiger partial charge in [0.1, 0.15) is 10.9 Å². The van der Waals surface area contributed by atoms with Gasteiger partial charge in [0.25, 0.3) is 10.0 Å². The zero-order chi connectivity index (χ0) is 27.3. The average Bonchev–Trinajstić information content (AvgIpc) is 3.48. The van der Waals surface area contributed by atoms with E-state index in [0.29, 0.717) is 44.7 Å². The highest BCUT2D eigenvalue weighted by Crippen LogP contribution is 2.50. The Kier molecular flexibility index (Phi) is 6.09. The predicted molar refractivity (Wildman–Crippen MR) is 150 cm³/mol. The first kappa shape index (κ1) is 25.0. The number of carbonyl (C=O) groups is 1. The molecule has 2 aromatic carbocycles. The largest absolute Gasteiger partial charge is 0.469 e. The van der Waals surface area contributed by atoms with Crippen LogP contribution in [0.25, 0.3) is 33.4 Å². The van der Waals surface area contributed by atoms with Gasteiger partial charge in [-0.05, 0) is 66.6 Å². The molecule has 0 bridgehead atoms. The second-order valence-electron chi connectivity index (χ2n) is 9.55. The van der Waals surface area contributed by atoms with Crippen molar-refractivity contribution in [2.45, 2.75) is 24.2 Å². The van der Waals surface area contributed by atoms with Crippen molar-refractivity contribution in [2.24, 2.45) is 5.92 Å². The smallest absolute Gasteiger partial charge is 0.309 e. The van der Waals surface area contributed by atoms with Gasteiger partial charge in [-0.25, -0.2) is 12.4 Å². The van der Waals surface area contributed by atoms with Crippen LogP contribution in [0, 0.1) is 24.2 Å². The van der Waals surface area contributed by atoms with E-state index < -0.39 is 10.0 Å². The maximum atomic E-state index is 14.3. The number of rotatable bonds is 6. The van der Waals surface area contributed by atoms with Gasteiger partial charge in [0.05, 0.1) is 34.7 Å². The van der Waals surface area contributed by atoms with Crippen LogP contribution in [0.15, 0.2) is 83.2 Å². The second-order valence-corrected chi connectivity index (χ2v) is 12.3. The number of nitrogens with zero attached hydrogens (tertiary/aromatic N) is 3. The van der Waals surface area contributed by atoms with E-state index in [9.17, 15) is 18.5 Å². The summed E-state index contributed by atoms with van der Waals surface area (Å²) in [4.78, 5) is 17.4. The summed E-state index contributed by atoms with van der Waals surface area (Å²) in [5, 5.41) is 11.7. The minimum absolute atomic E-state index is 0.00123. The zero-order valence-electron chi connectivity index (χ0n) is 21.2. The molecule has 2 atom stereocenters. The van der Waals surface area contributed by atoms with Gasteiger partial charge in [-0.3, -0.25) is 9.78 Å². The normalized spacial score (nSPS) is 16.6. The van der Waals surface area contributed by atoms with Gasteiger partial charge in [-0.1, -0.05) is 35.9 Å². The number of nitriles is 1. The second kappa shape index (κ2) is 9.49. The van der Waals surface area contributed by atoms with Gasteiger partial charge < -0.3 is 4.74 Å². The number of carbonyl (C=O) groups excluding carboxylic acids is 1. The van der Waals surface area contributed by atoms with Gasteiger partial charge in [0.15, 0.2) is 0 Å². The van der Waals surface area contributed by atoms with Crippen molar-refractivity contribution in [1.82, 2.24) is 8.96 Å². The first-order valence-electron chi connectivity index (χ1n) is 12.3. The summed E-state index contributed by atoms with van der Waals surface area (Å²) < 4.78 is 34.9. The molecule has 2 unspecified atom stereocenters. The van der Waals surface area contributed by atoms with Crippen LogP contribution in [0.3, 0.4) is 0 Å². The molecule has 1 saturated carbocycles. The maximum Gasteiger partial charge on any atom is 0.309 e. The lowest BCUT2D eigenvalue weighted by atomic mass is 9.98. The van der Waals surface area contributed by atoms with Crippen LogP contribution >= 0.6 is 11.3 Å². The monoisotopic (exact) mass is 553 g/mol. The number of esters is 1. The molecule has 0 amide bonds. The molecule has 39 heavy (non-hydrogen) atoms. The molecule has 6 rings (SSSR count). The standard InChI is InChI=1S/C30H23N3O4S2/c1-18-8-10-21(11-9-18)39(35,36)33-25-7-4-13-32-28(25)27(22-12-14-38-26(22)17-31)29(33)20-6-3-5-19(15-20)23-16-24(23)30(34)37-2/h3-15,23-24H,16H2,1-2H3. The molecule has 0 radical (unpaired) electrons. The molecule has 0 aliphatic heterocycles. The Balaban J connectivity index is 1.67. The van der Waals surface area contributed by atoms with E-state index in [2.05, 4.69) is 11.1 Å². The van der Waals surface area contributed by atoms with Gasteiger partial charge in [-0.15, -0.1) is 11.3 Å². The Hall–Kier alpha value is -4.26. The van der Waals surface area contributed by atoms with E-state index in [4.69, 9.17) is 4.74 Å². The fraction of sp³-hybridized carbons (Fsp3) is 0.167. The molecule has 3 aromatic heterocycles. The number of aryl methyl sites for hydroxylation is 1. The SMILES string of the molecule is COC(=O)C1CC1c1cccc(-c2c(-c3ccsc3C#N)c3ncccc3n2S(=O)(=O)c2ccc(C)cc2)c1. The van der Waals surface area contributed by atoms with Crippen molar-refractivity contribution in [3.63, 3.8) is 0 Å². The summed E-state index contributed by atoms with van der Waals surface area (Å²) in [6.07, 6.45) is 2.30. The molecule has 0 N–H and O–H groups in total. The fourth-order valence-corrected chi connectivity index (χ4v) is 7.38. The molecule has 194 valence electrons. The summed E-state index contributed by atoms with van der Waals surface area (Å²) in [7, 11) is -2.69. The lowest BCUT2D eigenvalue weighted by Crippen LogP contribution is -2.14. The maximum absolute atomic E-state index is 14.3. The Labute approximate surface area is 230 Å². The van der Waals surface area contributed by atoms with E-state index in [-0.39, 0.29) is 22.7 Å². The first-order chi connectivity index (χ1) is 18.8. The van der Waals surface area contributed by atoms with Gasteiger partial charge in [0.2, 0.25) is 0 Å². The van der Waals surface area contributed by atoms with Gasteiger partial charge in [0, 0.05) is 22.9 Å². The number of aromatic nitrogens is 2. The fourth-order valence-electron chi connectivity index (χ4n) is 5.15. The third kappa shape index (κ3) is 4.13. The molecule has 0 saturated heterocycles.